The van der Waals surface area contributed by atoms with Crippen LogP contribution in [0.2, 0.25) is 13.1 Å². The van der Waals surface area contributed by atoms with Gasteiger partial charge in [-0.2, -0.15) is 0 Å². The summed E-state index contributed by atoms with van der Waals surface area (Å²) in [6.07, 6.45) is 0.224. The highest BCUT2D eigenvalue weighted by Crippen LogP contribution is 2.20. The van der Waals surface area contributed by atoms with Gasteiger partial charge in [0.1, 0.15) is 4.46 Å². The molecule has 62 valence electrons. The lowest BCUT2D eigenvalue weighted by atomic mass is 10.5. The van der Waals surface area contributed by atoms with E-state index >= 15 is 0 Å². The van der Waals surface area contributed by atoms with Gasteiger partial charge in [-0.25, -0.2) is 0 Å². The third kappa shape index (κ3) is 3.81. The molecule has 0 rings (SSSR count). The van der Waals surface area contributed by atoms with E-state index in [0.717, 1.165) is 0 Å². The topological polar surface area (TPSA) is 9.23 Å². The van der Waals surface area contributed by atoms with Gasteiger partial charge in [-0.05, 0) is 26.9 Å². The third-order valence-electron chi connectivity index (χ3n) is 1.06. The highest BCUT2D eigenvalue weighted by Gasteiger charge is 2.31. The van der Waals surface area contributed by atoms with Crippen LogP contribution in [-0.2, 0) is 4.43 Å². The van der Waals surface area contributed by atoms with Gasteiger partial charge in [0, 0.05) is 6.10 Å². The van der Waals surface area contributed by atoms with E-state index in [9.17, 15) is 0 Å². The number of hydrogen-bond donors (Lipinski definition) is 0. The number of hydrogen-bond acceptors (Lipinski definition) is 1. The van der Waals surface area contributed by atoms with Crippen molar-refractivity contribution in [2.45, 2.75) is 37.5 Å². The van der Waals surface area contributed by atoms with Crippen molar-refractivity contribution >= 4 is 31.5 Å². The Kier molecular flexibility index (Phi) is 4.25. The Labute approximate surface area is 73.8 Å². The molecule has 0 aliphatic carbocycles. The van der Waals surface area contributed by atoms with Gasteiger partial charge in [0.15, 0.2) is 0 Å². The molecule has 0 aromatic rings. The quantitative estimate of drug-likeness (QED) is 0.503. The molecular formula is C6H14Cl2OSi. The van der Waals surface area contributed by atoms with Crippen LogP contribution < -0.4 is 0 Å². The molecule has 0 saturated carbocycles. The summed E-state index contributed by atoms with van der Waals surface area (Å²) in [5.74, 6) is 0. The molecule has 0 saturated heterocycles. The first-order valence-electron chi connectivity index (χ1n) is 3.32. The summed E-state index contributed by atoms with van der Waals surface area (Å²) in [7, 11) is -1.81. The van der Waals surface area contributed by atoms with Gasteiger partial charge in [-0.3, -0.25) is 0 Å². The van der Waals surface area contributed by atoms with Gasteiger partial charge in [0.05, 0.1) is 0 Å². The molecule has 0 spiro atoms. The maximum Gasteiger partial charge on any atom is 0.220 e. The summed E-state index contributed by atoms with van der Waals surface area (Å²) in [5.41, 5.74) is 0. The molecule has 0 atom stereocenters. The molecule has 0 aromatic heterocycles. The smallest absolute Gasteiger partial charge is 0.220 e. The summed E-state index contributed by atoms with van der Waals surface area (Å²) in [6, 6.07) is 0. The van der Waals surface area contributed by atoms with E-state index in [2.05, 4.69) is 0 Å². The lowest BCUT2D eigenvalue weighted by Crippen LogP contribution is -2.40. The molecule has 0 N–H and O–H groups in total. The second-order valence-electron chi connectivity index (χ2n) is 3.07. The molecule has 0 radical (unpaired) electrons. The maximum absolute atomic E-state index is 5.72. The molecular weight excluding hydrogens is 187 g/mol. The Balaban J connectivity index is 3.87. The molecule has 0 bridgehead atoms. The van der Waals surface area contributed by atoms with Crippen LogP contribution in [0.4, 0.5) is 0 Å². The molecule has 0 amide bonds. The summed E-state index contributed by atoms with van der Waals surface area (Å²) in [6.45, 7) is 8.01. The van der Waals surface area contributed by atoms with Gasteiger partial charge < -0.3 is 4.43 Å². The van der Waals surface area contributed by atoms with Crippen LogP contribution in [-0.4, -0.2) is 18.9 Å². The van der Waals surface area contributed by atoms with E-state index in [0.29, 0.717) is 0 Å². The second kappa shape index (κ2) is 3.95. The summed E-state index contributed by atoms with van der Waals surface area (Å²) >= 11 is 11.4. The van der Waals surface area contributed by atoms with E-state index in [1.807, 2.05) is 26.9 Å². The normalized spacial score (nSPS) is 13.2. The highest BCUT2D eigenvalue weighted by atomic mass is 35.5. The summed E-state index contributed by atoms with van der Waals surface area (Å²) in [5, 5.41) is 0. The lowest BCUT2D eigenvalue weighted by molar-refractivity contribution is 0.233. The monoisotopic (exact) mass is 200 g/mol. The fraction of sp³-hybridized carbons (Fsp3) is 1.00. The van der Waals surface area contributed by atoms with Crippen LogP contribution in [0.25, 0.3) is 0 Å². The average molecular weight is 201 g/mol. The fourth-order valence-corrected chi connectivity index (χ4v) is 2.29. The van der Waals surface area contributed by atoms with E-state index < -0.39 is 8.32 Å². The minimum absolute atomic E-state index is 0.224. The zero-order chi connectivity index (χ0) is 8.36. The number of halogens is 2. The van der Waals surface area contributed by atoms with Crippen LogP contribution in [0.3, 0.4) is 0 Å². The Morgan fingerprint density at radius 3 is 1.70 bits per heavy atom. The zero-order valence-corrected chi connectivity index (χ0v) is 9.33. The van der Waals surface area contributed by atoms with E-state index in [1.54, 1.807) is 0 Å². The molecule has 0 aliphatic heterocycles. The maximum atomic E-state index is 5.72. The number of alkyl halides is 2. The molecule has 0 heterocycles. The first kappa shape index (κ1) is 10.8. The summed E-state index contributed by atoms with van der Waals surface area (Å²) < 4.78 is 5.24. The minimum Gasteiger partial charge on any atom is -0.412 e. The van der Waals surface area contributed by atoms with Crippen LogP contribution in [0, 0.1) is 0 Å². The molecule has 10 heavy (non-hydrogen) atoms. The lowest BCUT2D eigenvalue weighted by Gasteiger charge is -2.26. The van der Waals surface area contributed by atoms with E-state index in [-0.39, 0.29) is 10.6 Å². The highest BCUT2D eigenvalue weighted by molar-refractivity contribution is 6.88. The second-order valence-corrected chi connectivity index (χ2v) is 8.92. The van der Waals surface area contributed by atoms with Gasteiger partial charge in [-0.15, -0.1) is 23.2 Å². The van der Waals surface area contributed by atoms with Gasteiger partial charge in [-0.1, -0.05) is 0 Å². The van der Waals surface area contributed by atoms with Gasteiger partial charge in [0.25, 0.3) is 0 Å². The van der Waals surface area contributed by atoms with Crippen LogP contribution in [0.5, 0.6) is 0 Å². The molecule has 0 aliphatic rings. The predicted molar refractivity (Wildman–Crippen MR) is 49.2 cm³/mol. The molecule has 4 heteroatoms. The first-order chi connectivity index (χ1) is 4.36. The van der Waals surface area contributed by atoms with Gasteiger partial charge in [0.2, 0.25) is 8.32 Å². The van der Waals surface area contributed by atoms with Crippen molar-refractivity contribution in [3.8, 4) is 0 Å². The predicted octanol–water partition coefficient (Wildman–Crippen LogP) is 2.96. The minimum atomic E-state index is -1.81. The van der Waals surface area contributed by atoms with Crippen LogP contribution in [0.1, 0.15) is 13.8 Å². The van der Waals surface area contributed by atoms with Crippen molar-refractivity contribution in [3.05, 3.63) is 0 Å². The first-order valence-corrected chi connectivity index (χ1v) is 7.18. The van der Waals surface area contributed by atoms with Crippen molar-refractivity contribution < 1.29 is 4.43 Å². The molecule has 0 fully saturated rings. The van der Waals surface area contributed by atoms with Crippen molar-refractivity contribution in [2.75, 3.05) is 0 Å². The molecule has 1 nitrogen and oxygen atoms in total. The van der Waals surface area contributed by atoms with Crippen molar-refractivity contribution in [2.24, 2.45) is 0 Å². The molecule has 0 aromatic carbocycles. The standard InChI is InChI=1S/C6H14Cl2OSi/c1-5(2)9-10(3,4)6(7)8/h5-6H,1-4H3. The van der Waals surface area contributed by atoms with Gasteiger partial charge >= 0.3 is 0 Å². The van der Waals surface area contributed by atoms with Crippen molar-refractivity contribution in [1.29, 1.82) is 0 Å². The van der Waals surface area contributed by atoms with E-state index in [4.69, 9.17) is 27.6 Å². The number of rotatable bonds is 3. The average Bonchev–Trinajstić information content (AvgIpc) is 1.60. The summed E-state index contributed by atoms with van der Waals surface area (Å²) in [4.78, 5) is 0. The van der Waals surface area contributed by atoms with E-state index in [1.165, 1.54) is 0 Å². The zero-order valence-electron chi connectivity index (χ0n) is 6.82. The Morgan fingerprint density at radius 2 is 1.60 bits per heavy atom. The fourth-order valence-electron chi connectivity index (χ4n) is 0.659. The molecule has 0 unspecified atom stereocenters. The SMILES string of the molecule is CC(C)O[Si](C)(C)C(Cl)Cl. The van der Waals surface area contributed by atoms with Crippen molar-refractivity contribution in [3.63, 3.8) is 0 Å². The van der Waals surface area contributed by atoms with Crippen LogP contribution >= 0.6 is 23.2 Å². The van der Waals surface area contributed by atoms with Crippen LogP contribution in [0.15, 0.2) is 0 Å². The van der Waals surface area contributed by atoms with Crippen molar-refractivity contribution in [1.82, 2.24) is 0 Å². The Bertz CT molecular complexity index is 104. The third-order valence-corrected chi connectivity index (χ3v) is 6.35. The Hall–Kier alpha value is 0.757. The largest absolute Gasteiger partial charge is 0.412 e. The Morgan fingerprint density at radius 1 is 1.20 bits per heavy atom.